The van der Waals surface area contributed by atoms with Crippen LogP contribution in [0.15, 0.2) is 82.5 Å². The molecule has 0 saturated heterocycles. The molecule has 2 aromatic heterocycles. The average molecular weight is 508 g/mol. The summed E-state index contributed by atoms with van der Waals surface area (Å²) >= 11 is 7.43. The third-order valence-corrected chi connectivity index (χ3v) is 6.20. The van der Waals surface area contributed by atoms with Gasteiger partial charge in [-0.2, -0.15) is 4.98 Å². The lowest BCUT2D eigenvalue weighted by Gasteiger charge is -2.10. The highest BCUT2D eigenvalue weighted by Gasteiger charge is 2.18. The standard InChI is InChI=1S/C25H19ClFN5O2S/c1-2-33-21-13-5-16(6-14-21)23-28-22(34-31-23)15-35-25-30-29-24(17-3-7-18(26)8-4-17)32(25)20-11-9-19(27)10-12-20/h3-14H,2,15H2,1H3. The highest BCUT2D eigenvalue weighted by Crippen LogP contribution is 2.30. The minimum Gasteiger partial charge on any atom is -0.494 e. The second-order valence-electron chi connectivity index (χ2n) is 7.38. The second-order valence-corrected chi connectivity index (χ2v) is 8.76. The normalized spacial score (nSPS) is 11.1. The molecular weight excluding hydrogens is 489 g/mol. The lowest BCUT2D eigenvalue weighted by molar-refractivity contribution is 0.340. The van der Waals surface area contributed by atoms with E-state index in [9.17, 15) is 4.39 Å². The molecule has 0 aliphatic rings. The Labute approximate surface area is 209 Å². The van der Waals surface area contributed by atoms with Gasteiger partial charge in [-0.1, -0.05) is 28.5 Å². The van der Waals surface area contributed by atoms with Gasteiger partial charge in [-0.15, -0.1) is 10.2 Å². The third-order valence-electron chi connectivity index (χ3n) is 5.04. The summed E-state index contributed by atoms with van der Waals surface area (Å²) in [6.45, 7) is 2.54. The molecule has 0 atom stereocenters. The number of aromatic nitrogens is 5. The van der Waals surface area contributed by atoms with Crippen molar-refractivity contribution in [2.24, 2.45) is 0 Å². The lowest BCUT2D eigenvalue weighted by atomic mass is 10.2. The van der Waals surface area contributed by atoms with Crippen LogP contribution in [0, 0.1) is 5.82 Å². The predicted octanol–water partition coefficient (Wildman–Crippen LogP) is 6.47. The van der Waals surface area contributed by atoms with Crippen molar-refractivity contribution in [2.45, 2.75) is 17.8 Å². The summed E-state index contributed by atoms with van der Waals surface area (Å²) in [6, 6.07) is 21.0. The molecule has 0 unspecified atom stereocenters. The Morgan fingerprint density at radius 3 is 2.37 bits per heavy atom. The van der Waals surface area contributed by atoms with E-state index in [0.717, 1.165) is 22.6 Å². The average Bonchev–Trinajstić information content (AvgIpc) is 3.52. The third kappa shape index (κ3) is 5.21. The summed E-state index contributed by atoms with van der Waals surface area (Å²) in [7, 11) is 0. The quantitative estimate of drug-likeness (QED) is 0.223. The maximum Gasteiger partial charge on any atom is 0.237 e. The van der Waals surface area contributed by atoms with Crippen LogP contribution in [0.5, 0.6) is 5.75 Å². The summed E-state index contributed by atoms with van der Waals surface area (Å²) < 4.78 is 26.4. The monoisotopic (exact) mass is 507 g/mol. The van der Waals surface area contributed by atoms with Gasteiger partial charge in [-0.05, 0) is 79.7 Å². The molecule has 0 N–H and O–H groups in total. The summed E-state index contributed by atoms with van der Waals surface area (Å²) in [4.78, 5) is 4.50. The first-order valence-electron chi connectivity index (χ1n) is 10.8. The maximum atomic E-state index is 13.6. The fraction of sp³-hybridized carbons (Fsp3) is 0.120. The van der Waals surface area contributed by atoms with Gasteiger partial charge in [-0.25, -0.2) is 4.39 Å². The highest BCUT2D eigenvalue weighted by molar-refractivity contribution is 7.98. The van der Waals surface area contributed by atoms with E-state index in [1.165, 1.54) is 23.9 Å². The number of halogens is 2. The number of rotatable bonds is 8. The molecule has 0 fully saturated rings. The molecule has 0 aliphatic carbocycles. The number of ether oxygens (including phenoxy) is 1. The fourth-order valence-corrected chi connectivity index (χ4v) is 4.31. The van der Waals surface area contributed by atoms with Gasteiger partial charge in [-0.3, -0.25) is 4.57 Å². The Hall–Kier alpha value is -3.69. The van der Waals surface area contributed by atoms with E-state index in [0.29, 0.717) is 40.1 Å². The molecule has 0 saturated carbocycles. The maximum absolute atomic E-state index is 13.6. The SMILES string of the molecule is CCOc1ccc(-c2noc(CSc3nnc(-c4ccc(Cl)cc4)n3-c3ccc(F)cc3)n2)cc1. The molecule has 0 spiro atoms. The van der Waals surface area contributed by atoms with Crippen LogP contribution in [0.25, 0.3) is 28.5 Å². The Morgan fingerprint density at radius 1 is 0.943 bits per heavy atom. The van der Waals surface area contributed by atoms with E-state index in [1.54, 1.807) is 24.3 Å². The molecule has 0 aliphatic heterocycles. The van der Waals surface area contributed by atoms with Crippen molar-refractivity contribution in [3.8, 4) is 34.2 Å². The van der Waals surface area contributed by atoms with Crippen LogP contribution in [0.4, 0.5) is 4.39 Å². The van der Waals surface area contributed by atoms with Crippen LogP contribution < -0.4 is 4.74 Å². The predicted molar refractivity (Wildman–Crippen MR) is 132 cm³/mol. The molecule has 5 rings (SSSR count). The minimum atomic E-state index is -0.322. The van der Waals surface area contributed by atoms with Gasteiger partial charge in [0.05, 0.1) is 12.4 Å². The Morgan fingerprint density at radius 2 is 1.66 bits per heavy atom. The molecule has 10 heteroatoms. The molecule has 7 nitrogen and oxygen atoms in total. The number of thioether (sulfide) groups is 1. The zero-order chi connectivity index (χ0) is 24.2. The van der Waals surface area contributed by atoms with E-state index < -0.39 is 0 Å². The zero-order valence-corrected chi connectivity index (χ0v) is 20.1. The van der Waals surface area contributed by atoms with Crippen LogP contribution in [-0.2, 0) is 5.75 Å². The van der Waals surface area contributed by atoms with Crippen molar-refractivity contribution in [2.75, 3.05) is 6.61 Å². The van der Waals surface area contributed by atoms with Crippen molar-refractivity contribution in [1.29, 1.82) is 0 Å². The molecule has 176 valence electrons. The van der Waals surface area contributed by atoms with Crippen molar-refractivity contribution < 1.29 is 13.7 Å². The van der Waals surface area contributed by atoms with E-state index >= 15 is 0 Å². The highest BCUT2D eigenvalue weighted by atomic mass is 35.5. The van der Waals surface area contributed by atoms with Crippen LogP contribution in [-0.4, -0.2) is 31.5 Å². The molecule has 2 heterocycles. The number of hydrogen-bond acceptors (Lipinski definition) is 7. The second kappa shape index (κ2) is 10.3. The van der Waals surface area contributed by atoms with E-state index in [-0.39, 0.29) is 5.82 Å². The van der Waals surface area contributed by atoms with Crippen LogP contribution in [0.3, 0.4) is 0 Å². The zero-order valence-electron chi connectivity index (χ0n) is 18.6. The van der Waals surface area contributed by atoms with Crippen molar-refractivity contribution in [3.63, 3.8) is 0 Å². The van der Waals surface area contributed by atoms with Gasteiger partial charge in [0.25, 0.3) is 0 Å². The Bertz CT molecular complexity index is 1420. The lowest BCUT2D eigenvalue weighted by Crippen LogP contribution is -2.00. The van der Waals surface area contributed by atoms with Gasteiger partial charge >= 0.3 is 0 Å². The summed E-state index contributed by atoms with van der Waals surface area (Å²) in [5.74, 6) is 2.38. The summed E-state index contributed by atoms with van der Waals surface area (Å²) in [6.07, 6.45) is 0. The van der Waals surface area contributed by atoms with Crippen molar-refractivity contribution in [1.82, 2.24) is 24.9 Å². The van der Waals surface area contributed by atoms with E-state index in [1.807, 2.05) is 47.9 Å². The number of benzene rings is 3. The molecule has 0 radical (unpaired) electrons. The van der Waals surface area contributed by atoms with Crippen molar-refractivity contribution in [3.05, 3.63) is 89.5 Å². The largest absolute Gasteiger partial charge is 0.494 e. The molecule has 3 aromatic carbocycles. The first-order valence-corrected chi connectivity index (χ1v) is 12.1. The fourth-order valence-electron chi connectivity index (χ4n) is 3.40. The minimum absolute atomic E-state index is 0.322. The Balaban J connectivity index is 1.40. The van der Waals surface area contributed by atoms with Crippen LogP contribution in [0.2, 0.25) is 5.02 Å². The molecule has 0 amide bonds. The Kier molecular flexibility index (Phi) is 6.78. The topological polar surface area (TPSA) is 78.9 Å². The van der Waals surface area contributed by atoms with Gasteiger partial charge in [0.2, 0.25) is 11.7 Å². The first kappa shape index (κ1) is 23.1. The summed E-state index contributed by atoms with van der Waals surface area (Å²) in [5.41, 5.74) is 2.38. The molecular formula is C25H19ClFN5O2S. The first-order chi connectivity index (χ1) is 17.1. The molecule has 0 bridgehead atoms. The smallest absolute Gasteiger partial charge is 0.237 e. The number of nitrogens with zero attached hydrogens (tertiary/aromatic N) is 5. The number of hydrogen-bond donors (Lipinski definition) is 0. The van der Waals surface area contributed by atoms with Crippen LogP contribution >= 0.6 is 23.4 Å². The molecule has 35 heavy (non-hydrogen) atoms. The summed E-state index contributed by atoms with van der Waals surface area (Å²) in [5, 5.41) is 14.1. The van der Waals surface area contributed by atoms with E-state index in [4.69, 9.17) is 20.9 Å². The van der Waals surface area contributed by atoms with Gasteiger partial charge in [0.1, 0.15) is 11.6 Å². The van der Waals surface area contributed by atoms with Gasteiger partial charge in [0.15, 0.2) is 11.0 Å². The molecule has 5 aromatic rings. The van der Waals surface area contributed by atoms with Crippen LogP contribution in [0.1, 0.15) is 12.8 Å². The van der Waals surface area contributed by atoms with Gasteiger partial charge < -0.3 is 9.26 Å². The van der Waals surface area contributed by atoms with E-state index in [2.05, 4.69) is 20.3 Å². The van der Waals surface area contributed by atoms with Gasteiger partial charge in [0, 0.05) is 21.8 Å². The van der Waals surface area contributed by atoms with Crippen molar-refractivity contribution >= 4 is 23.4 Å².